The van der Waals surface area contributed by atoms with Crippen molar-refractivity contribution in [1.82, 2.24) is 9.88 Å². The minimum atomic E-state index is -2.35. The number of piperazine rings is 1. The van der Waals surface area contributed by atoms with E-state index in [4.69, 9.17) is 4.74 Å². The molecule has 258 valence electrons. The second kappa shape index (κ2) is 13.4. The van der Waals surface area contributed by atoms with Crippen LogP contribution < -0.4 is 31.6 Å². The van der Waals surface area contributed by atoms with Gasteiger partial charge in [0.05, 0.1) is 16.4 Å². The molecule has 1 saturated carbocycles. The number of nitrogens with one attached hydrogen (secondary N) is 1. The van der Waals surface area contributed by atoms with Crippen LogP contribution in [0, 0.1) is 5.82 Å². The maximum Gasteiger partial charge on any atom is 0.344 e. The summed E-state index contributed by atoms with van der Waals surface area (Å²) < 4.78 is 24.0. The predicted molar refractivity (Wildman–Crippen MR) is 205 cm³/mol. The number of aromatic nitrogens is 1. The number of hydrogen-bond acceptors (Lipinski definition) is 5. The summed E-state index contributed by atoms with van der Waals surface area (Å²) in [6.45, 7) is 11.3. The van der Waals surface area contributed by atoms with Gasteiger partial charge in [0.1, 0.15) is 40.2 Å². The van der Waals surface area contributed by atoms with Gasteiger partial charge in [-0.05, 0) is 89.1 Å². The van der Waals surface area contributed by atoms with E-state index < -0.39 is 35.2 Å². The van der Waals surface area contributed by atoms with Gasteiger partial charge in [0.15, 0.2) is 0 Å². The molecule has 0 radical (unpaired) electrons. The van der Waals surface area contributed by atoms with Crippen molar-refractivity contribution in [1.29, 1.82) is 0 Å². The highest BCUT2D eigenvalue weighted by Crippen LogP contribution is 2.67. The number of esters is 1. The molecule has 8 heteroatoms. The van der Waals surface area contributed by atoms with Crippen molar-refractivity contribution < 1.29 is 13.9 Å². The van der Waals surface area contributed by atoms with Crippen LogP contribution in [0.2, 0.25) is 0 Å². The fourth-order valence-corrected chi connectivity index (χ4v) is 13.7. The van der Waals surface area contributed by atoms with Gasteiger partial charge in [-0.25, -0.2) is 9.18 Å². The molecule has 6 nitrogen and oxygen atoms in total. The first-order chi connectivity index (χ1) is 24.0. The Bertz CT molecular complexity index is 1960. The fourth-order valence-electron chi connectivity index (χ4n) is 8.26. The van der Waals surface area contributed by atoms with E-state index in [0.717, 1.165) is 25.9 Å². The summed E-state index contributed by atoms with van der Waals surface area (Å²) in [6.07, 6.45) is 4.05. The lowest BCUT2D eigenvalue weighted by atomic mass is 9.95. The summed E-state index contributed by atoms with van der Waals surface area (Å²) in [5.41, 5.74) is -0.351. The third kappa shape index (κ3) is 6.27. The van der Waals surface area contributed by atoms with Gasteiger partial charge in [-0.2, -0.15) is 0 Å². The average Bonchev–Trinajstić information content (AvgIpc) is 3.95. The van der Waals surface area contributed by atoms with Crippen molar-refractivity contribution in [3.05, 3.63) is 131 Å². The third-order valence-corrected chi connectivity index (χ3v) is 15.5. The Morgan fingerprint density at radius 3 is 1.86 bits per heavy atom. The van der Waals surface area contributed by atoms with Gasteiger partial charge in [0.25, 0.3) is 0 Å². The number of pyridine rings is 1. The average molecular weight is 691 g/mol. The predicted octanol–water partition coefficient (Wildman–Crippen LogP) is 6.98. The van der Waals surface area contributed by atoms with Crippen molar-refractivity contribution in [2.24, 2.45) is 0 Å². The molecule has 0 bridgehead atoms. The molecule has 0 atom stereocenters. The summed E-state index contributed by atoms with van der Waals surface area (Å²) in [5, 5.41) is 6.85. The number of carbonyl (C=O) groups excluding carboxylic acids is 1. The third-order valence-electron chi connectivity index (χ3n) is 10.3. The van der Waals surface area contributed by atoms with Crippen molar-refractivity contribution in [2.75, 3.05) is 31.1 Å². The second-order valence-electron chi connectivity index (χ2n) is 14.9. The maximum absolute atomic E-state index is 15.6. The normalized spacial score (nSPS) is 15.7. The van der Waals surface area contributed by atoms with Gasteiger partial charge in [0, 0.05) is 50.2 Å². The number of ether oxygens (including phenoxy) is 1. The summed E-state index contributed by atoms with van der Waals surface area (Å²) in [5.74, 6) is -1.13. The molecule has 2 aliphatic rings. The van der Waals surface area contributed by atoms with E-state index in [2.05, 4.69) is 92.0 Å². The minimum Gasteiger partial charge on any atom is -0.456 e. The quantitative estimate of drug-likeness (QED) is 0.127. The molecule has 50 heavy (non-hydrogen) atoms. The van der Waals surface area contributed by atoms with Gasteiger partial charge < -0.3 is 19.5 Å². The number of anilines is 1. The van der Waals surface area contributed by atoms with E-state index >= 15 is 4.39 Å². The van der Waals surface area contributed by atoms with E-state index in [1.165, 1.54) is 22.0 Å². The van der Waals surface area contributed by atoms with Crippen LogP contribution in [-0.2, 0) is 4.74 Å². The van der Waals surface area contributed by atoms with E-state index in [1.54, 1.807) is 12.3 Å². The zero-order valence-electron chi connectivity index (χ0n) is 29.4. The lowest BCUT2D eigenvalue weighted by Crippen LogP contribution is -2.48. The lowest BCUT2D eigenvalue weighted by molar-refractivity contribution is -0.00789. The minimum absolute atomic E-state index is 0.0557. The van der Waals surface area contributed by atoms with Gasteiger partial charge in [0.2, 0.25) is 5.43 Å². The number of hydrogen-bond donors (Lipinski definition) is 1. The summed E-state index contributed by atoms with van der Waals surface area (Å²) >= 11 is 0. The molecule has 7 rings (SSSR count). The van der Waals surface area contributed by atoms with Crippen LogP contribution in [0.5, 0.6) is 0 Å². The van der Waals surface area contributed by atoms with Crippen molar-refractivity contribution in [3.63, 3.8) is 0 Å². The largest absolute Gasteiger partial charge is 0.456 e. The van der Waals surface area contributed by atoms with Gasteiger partial charge in [-0.1, -0.05) is 54.6 Å². The molecule has 2 heterocycles. The molecular weight excluding hydrogens is 644 g/mol. The van der Waals surface area contributed by atoms with Crippen molar-refractivity contribution in [3.8, 4) is 0 Å². The first-order valence-corrected chi connectivity index (χ1v) is 19.4. The Morgan fingerprint density at radius 1 is 0.840 bits per heavy atom. The number of halogens is 1. The number of carbonyl (C=O) groups is 1. The van der Waals surface area contributed by atoms with Crippen LogP contribution in [0.15, 0.2) is 114 Å². The van der Waals surface area contributed by atoms with Crippen LogP contribution in [0.4, 0.5) is 10.1 Å². The topological polar surface area (TPSA) is 63.6 Å². The molecule has 1 aliphatic carbocycles. The van der Waals surface area contributed by atoms with Crippen LogP contribution in [-0.4, -0.2) is 47.5 Å². The molecule has 1 saturated heterocycles. The highest BCUT2D eigenvalue weighted by atomic mass is 31.2. The van der Waals surface area contributed by atoms with E-state index in [9.17, 15) is 9.59 Å². The molecule has 0 unspecified atom stereocenters. The SMILES string of the molecule is CC(C)(CC(C)(C)[P+](c1ccccc1)(c1ccccc1)c1ccccc1)OC(=O)c1cn(C2CC2)c2cc(N3CCNCC3)c(F)cc2c1=O. The van der Waals surface area contributed by atoms with Crippen molar-refractivity contribution >= 4 is 45.7 Å². The van der Waals surface area contributed by atoms with E-state index in [0.29, 0.717) is 30.7 Å². The van der Waals surface area contributed by atoms with Crippen LogP contribution >= 0.6 is 7.26 Å². The Labute approximate surface area is 294 Å². The van der Waals surface area contributed by atoms with Gasteiger partial charge >= 0.3 is 5.97 Å². The lowest BCUT2D eigenvalue weighted by Gasteiger charge is -2.43. The molecule has 0 spiro atoms. The molecular formula is C42H46FN3O3P+. The van der Waals surface area contributed by atoms with Crippen molar-refractivity contribution in [2.45, 2.75) is 63.8 Å². The Morgan fingerprint density at radius 2 is 1.36 bits per heavy atom. The molecule has 4 aromatic carbocycles. The summed E-state index contributed by atoms with van der Waals surface area (Å²) in [7, 11) is -2.35. The zero-order valence-corrected chi connectivity index (χ0v) is 30.3. The zero-order chi connectivity index (χ0) is 35.1. The van der Waals surface area contributed by atoms with E-state index in [1.807, 2.05) is 41.5 Å². The Balaban J connectivity index is 1.27. The summed E-state index contributed by atoms with van der Waals surface area (Å²) in [6, 6.07) is 35.3. The maximum atomic E-state index is 15.6. The highest BCUT2D eigenvalue weighted by Gasteiger charge is 2.59. The number of benzene rings is 4. The highest BCUT2D eigenvalue weighted by molar-refractivity contribution is 7.96. The molecule has 5 aromatic rings. The first kappa shape index (κ1) is 34.1. The molecule has 1 N–H and O–H groups in total. The standard InChI is InChI=1S/C42H46FN3O3P/c1-41(2,29-42(3,4)50(31-14-8-5-9-15-31,32-16-10-6-11-17-32)33-18-12-7-13-19-33)49-40(48)35-28-46(30-20-21-30)37-27-38(45-24-22-44-23-25-45)36(43)26-34(37)39(35)47/h5-19,26-28,30,44H,20-25,29H2,1-4H3/q+1. The van der Waals surface area contributed by atoms with E-state index in [-0.39, 0.29) is 17.0 Å². The van der Waals surface area contributed by atoms with Crippen LogP contribution in [0.3, 0.4) is 0 Å². The molecule has 2 fully saturated rings. The monoisotopic (exact) mass is 690 g/mol. The number of rotatable bonds is 10. The molecule has 1 aliphatic heterocycles. The van der Waals surface area contributed by atoms with Gasteiger partial charge in [-0.3, -0.25) is 4.79 Å². The number of nitrogens with zero attached hydrogens (tertiary/aromatic N) is 2. The Hall–Kier alpha value is -4.32. The first-order valence-electron chi connectivity index (χ1n) is 17.7. The van der Waals surface area contributed by atoms with Crippen LogP contribution in [0.1, 0.15) is 63.4 Å². The Kier molecular flexibility index (Phi) is 9.17. The second-order valence-corrected chi connectivity index (χ2v) is 19.0. The van der Waals surface area contributed by atoms with Crippen LogP contribution in [0.25, 0.3) is 10.9 Å². The fraction of sp³-hybridized carbons (Fsp3) is 0.333. The number of fused-ring (bicyclic) bond motifs is 1. The molecule has 0 amide bonds. The van der Waals surface area contributed by atoms with Gasteiger partial charge in [-0.15, -0.1) is 0 Å². The smallest absolute Gasteiger partial charge is 0.344 e. The summed E-state index contributed by atoms with van der Waals surface area (Å²) in [4.78, 5) is 30.1. The molecule has 1 aromatic heterocycles.